The van der Waals surface area contributed by atoms with Gasteiger partial charge in [0.25, 0.3) is 0 Å². The molecule has 31 heavy (non-hydrogen) atoms. The highest BCUT2D eigenvalue weighted by molar-refractivity contribution is 6.00. The van der Waals surface area contributed by atoms with Crippen LogP contribution in [0.5, 0.6) is 11.5 Å². The van der Waals surface area contributed by atoms with Crippen LogP contribution in [-0.2, 0) is 16.0 Å². The van der Waals surface area contributed by atoms with E-state index < -0.39 is 0 Å². The van der Waals surface area contributed by atoms with Crippen LogP contribution in [0.1, 0.15) is 35.6 Å². The molecule has 5 rings (SSSR count). The lowest BCUT2D eigenvalue weighted by Gasteiger charge is -2.44. The number of morpholine rings is 1. The Kier molecular flexibility index (Phi) is 5.66. The molecule has 6 heteroatoms. The lowest BCUT2D eigenvalue weighted by molar-refractivity contribution is -0.117. The molecular weight excluding hydrogens is 392 g/mol. The van der Waals surface area contributed by atoms with Gasteiger partial charge in [0.1, 0.15) is 24.2 Å². The first-order valence-electron chi connectivity index (χ1n) is 11.1. The summed E-state index contributed by atoms with van der Waals surface area (Å²) in [5.41, 5.74) is 4.15. The molecule has 6 nitrogen and oxygen atoms in total. The number of nitrogens with one attached hydrogen (secondary N) is 1. The molecule has 2 aromatic rings. The molecule has 2 aliphatic heterocycles. The maximum atomic E-state index is 12.5. The van der Waals surface area contributed by atoms with Crippen molar-refractivity contribution in [3.63, 3.8) is 0 Å². The number of ether oxygens (including phenoxy) is 2. The molecule has 0 unspecified atom stereocenters. The number of fused-ring (bicyclic) bond motifs is 4. The zero-order valence-corrected chi connectivity index (χ0v) is 17.5. The van der Waals surface area contributed by atoms with Crippen molar-refractivity contribution < 1.29 is 19.4 Å². The van der Waals surface area contributed by atoms with Gasteiger partial charge in [0.2, 0.25) is 5.91 Å². The quantitative estimate of drug-likeness (QED) is 0.703. The van der Waals surface area contributed by atoms with Crippen molar-refractivity contribution in [3.05, 3.63) is 64.7 Å². The molecule has 2 heterocycles. The maximum absolute atomic E-state index is 12.5. The van der Waals surface area contributed by atoms with E-state index in [-0.39, 0.29) is 23.8 Å². The highest BCUT2D eigenvalue weighted by Gasteiger charge is 2.38. The Bertz CT molecular complexity index is 1000. The molecule has 162 valence electrons. The lowest BCUT2D eigenvalue weighted by Crippen LogP contribution is -2.52. The molecule has 1 fully saturated rings. The summed E-state index contributed by atoms with van der Waals surface area (Å²) >= 11 is 0. The monoisotopic (exact) mass is 420 g/mol. The van der Waals surface area contributed by atoms with E-state index in [0.717, 1.165) is 54.8 Å². The first-order valence-corrected chi connectivity index (χ1v) is 11.1. The number of hydrogen-bond acceptors (Lipinski definition) is 5. The average molecular weight is 421 g/mol. The van der Waals surface area contributed by atoms with Gasteiger partial charge in [0, 0.05) is 30.6 Å². The topological polar surface area (TPSA) is 71.0 Å². The van der Waals surface area contributed by atoms with Crippen molar-refractivity contribution in [2.75, 3.05) is 32.8 Å². The SMILES string of the molecule is O=C(NCCCCN1CCO[C@H]2c3cc(O)ccc3OC[C@@H]21)C1=Cc2ccccc2C1. The van der Waals surface area contributed by atoms with Crippen molar-refractivity contribution in [3.8, 4) is 11.5 Å². The second kappa shape index (κ2) is 8.73. The van der Waals surface area contributed by atoms with Crippen molar-refractivity contribution >= 4 is 12.0 Å². The molecule has 0 saturated carbocycles. The molecule has 3 aliphatic rings. The van der Waals surface area contributed by atoms with Crippen molar-refractivity contribution in [1.82, 2.24) is 10.2 Å². The van der Waals surface area contributed by atoms with Crippen LogP contribution >= 0.6 is 0 Å². The first kappa shape index (κ1) is 20.1. The summed E-state index contributed by atoms with van der Waals surface area (Å²) in [6.45, 7) is 3.75. The predicted molar refractivity (Wildman–Crippen MR) is 118 cm³/mol. The van der Waals surface area contributed by atoms with E-state index in [1.807, 2.05) is 24.3 Å². The summed E-state index contributed by atoms with van der Waals surface area (Å²) in [4.78, 5) is 14.9. The minimum absolute atomic E-state index is 0.0414. The minimum atomic E-state index is -0.0692. The van der Waals surface area contributed by atoms with E-state index in [1.54, 1.807) is 12.1 Å². The van der Waals surface area contributed by atoms with E-state index in [0.29, 0.717) is 19.8 Å². The summed E-state index contributed by atoms with van der Waals surface area (Å²) in [6, 6.07) is 13.5. The van der Waals surface area contributed by atoms with Gasteiger partial charge in [-0.15, -0.1) is 0 Å². The largest absolute Gasteiger partial charge is 0.508 e. The summed E-state index contributed by atoms with van der Waals surface area (Å²) in [7, 11) is 0. The molecule has 0 radical (unpaired) electrons. The predicted octanol–water partition coefficient (Wildman–Crippen LogP) is 3.06. The normalized spacial score (nSPS) is 22.0. The number of hydrogen-bond donors (Lipinski definition) is 2. The molecule has 0 spiro atoms. The van der Waals surface area contributed by atoms with E-state index >= 15 is 0 Å². The summed E-state index contributed by atoms with van der Waals surface area (Å²) < 4.78 is 12.0. The summed E-state index contributed by atoms with van der Waals surface area (Å²) in [5.74, 6) is 1.08. The molecule has 2 aromatic carbocycles. The highest BCUT2D eigenvalue weighted by atomic mass is 16.5. The number of rotatable bonds is 6. The molecule has 0 aromatic heterocycles. The number of phenols is 1. The second-order valence-electron chi connectivity index (χ2n) is 8.44. The maximum Gasteiger partial charge on any atom is 0.247 e. The number of amides is 1. The van der Waals surface area contributed by atoms with Gasteiger partial charge in [-0.05, 0) is 54.8 Å². The number of phenolic OH excluding ortho intramolecular Hbond substituents is 1. The van der Waals surface area contributed by atoms with Gasteiger partial charge in [0.15, 0.2) is 0 Å². The van der Waals surface area contributed by atoms with Crippen LogP contribution in [0.15, 0.2) is 48.0 Å². The van der Waals surface area contributed by atoms with E-state index in [1.165, 1.54) is 5.56 Å². The molecular formula is C25H28N2O4. The van der Waals surface area contributed by atoms with E-state index in [4.69, 9.17) is 9.47 Å². The van der Waals surface area contributed by atoms with Crippen molar-refractivity contribution in [2.24, 2.45) is 0 Å². The Hall–Kier alpha value is -2.83. The van der Waals surface area contributed by atoms with Crippen LogP contribution < -0.4 is 10.1 Å². The number of unbranched alkanes of at least 4 members (excludes halogenated alkanes) is 1. The fourth-order valence-electron chi connectivity index (χ4n) is 4.78. The Morgan fingerprint density at radius 2 is 2.10 bits per heavy atom. The van der Waals surface area contributed by atoms with Gasteiger partial charge >= 0.3 is 0 Å². The molecule has 2 atom stereocenters. The first-order chi connectivity index (χ1) is 15.2. The molecule has 0 bridgehead atoms. The Balaban J connectivity index is 1.09. The Labute approximate surface area is 182 Å². The highest BCUT2D eigenvalue weighted by Crippen LogP contribution is 2.40. The van der Waals surface area contributed by atoms with Gasteiger partial charge in [-0.2, -0.15) is 0 Å². The standard InChI is InChI=1S/C25H28N2O4/c28-20-7-8-23-21(15-20)24-22(16-31-23)27(11-12-30-24)10-4-3-9-26-25(29)19-13-17-5-1-2-6-18(17)14-19/h1-2,5-8,13,15,22,24,28H,3-4,9-12,14,16H2,(H,26,29)/t22-,24-/m0/s1. The van der Waals surface area contributed by atoms with Crippen LogP contribution in [0.4, 0.5) is 0 Å². The minimum Gasteiger partial charge on any atom is -0.508 e. The van der Waals surface area contributed by atoms with Crippen LogP contribution in [0.3, 0.4) is 0 Å². The molecule has 2 N–H and O–H groups in total. The van der Waals surface area contributed by atoms with Crippen molar-refractivity contribution in [1.29, 1.82) is 0 Å². The third kappa shape index (κ3) is 4.18. The van der Waals surface area contributed by atoms with Gasteiger partial charge in [0.05, 0.1) is 12.6 Å². The van der Waals surface area contributed by atoms with Gasteiger partial charge in [-0.1, -0.05) is 24.3 Å². The van der Waals surface area contributed by atoms with Gasteiger partial charge < -0.3 is 19.9 Å². The second-order valence-corrected chi connectivity index (χ2v) is 8.44. The Morgan fingerprint density at radius 3 is 3.00 bits per heavy atom. The average Bonchev–Trinajstić information content (AvgIpc) is 3.23. The number of carbonyl (C=O) groups excluding carboxylic acids is 1. The Morgan fingerprint density at radius 1 is 1.19 bits per heavy atom. The van der Waals surface area contributed by atoms with Crippen LogP contribution in [-0.4, -0.2) is 54.8 Å². The van der Waals surface area contributed by atoms with Crippen molar-refractivity contribution in [2.45, 2.75) is 31.4 Å². The number of benzene rings is 2. The van der Waals surface area contributed by atoms with Gasteiger partial charge in [-0.3, -0.25) is 9.69 Å². The fourth-order valence-corrected chi connectivity index (χ4v) is 4.78. The lowest BCUT2D eigenvalue weighted by atomic mass is 9.96. The third-order valence-electron chi connectivity index (χ3n) is 6.42. The number of nitrogens with zero attached hydrogens (tertiary/aromatic N) is 1. The van der Waals surface area contributed by atoms with E-state index in [2.05, 4.69) is 22.3 Å². The number of carbonyl (C=O) groups is 1. The smallest absolute Gasteiger partial charge is 0.247 e. The van der Waals surface area contributed by atoms with E-state index in [9.17, 15) is 9.90 Å². The molecule has 1 saturated heterocycles. The zero-order valence-electron chi connectivity index (χ0n) is 17.5. The zero-order chi connectivity index (χ0) is 21.2. The van der Waals surface area contributed by atoms with Crippen LogP contribution in [0.2, 0.25) is 0 Å². The molecule has 1 aliphatic carbocycles. The number of aromatic hydroxyl groups is 1. The summed E-state index contributed by atoms with van der Waals surface area (Å²) in [6.07, 6.45) is 4.57. The summed E-state index contributed by atoms with van der Waals surface area (Å²) in [5, 5.41) is 12.9. The van der Waals surface area contributed by atoms with Crippen LogP contribution in [0.25, 0.3) is 6.08 Å². The fraction of sp³-hybridized carbons (Fsp3) is 0.400. The third-order valence-corrected chi connectivity index (χ3v) is 6.42. The van der Waals surface area contributed by atoms with Gasteiger partial charge in [-0.25, -0.2) is 0 Å². The molecule has 1 amide bonds. The van der Waals surface area contributed by atoms with Crippen LogP contribution in [0, 0.1) is 0 Å².